The lowest BCUT2D eigenvalue weighted by molar-refractivity contribution is -0.137. The normalized spacial score (nSPS) is 21.8. The topological polar surface area (TPSA) is 29.5 Å². The number of carbonyl (C=O) groups excluding carboxylic acids is 1. The highest BCUT2D eigenvalue weighted by atomic mass is 28.4. The molecular weight excluding hydrogens is 419 g/mol. The molecule has 174 valence electrons. The van der Waals surface area contributed by atoms with E-state index in [9.17, 15) is 4.79 Å². The fourth-order valence-corrected chi connectivity index (χ4v) is 9.55. The Balaban J connectivity index is 3.27. The summed E-state index contributed by atoms with van der Waals surface area (Å²) in [6, 6.07) is 0.0438. The molecule has 0 aromatic heterocycles. The molecule has 1 heterocycles. The van der Waals surface area contributed by atoms with Gasteiger partial charge in [-0.3, -0.25) is 4.79 Å². The van der Waals surface area contributed by atoms with Gasteiger partial charge in [0, 0.05) is 0 Å². The van der Waals surface area contributed by atoms with Crippen molar-refractivity contribution in [3.63, 3.8) is 0 Å². The zero-order valence-electron chi connectivity index (χ0n) is 22.6. The third kappa shape index (κ3) is 5.00. The molecule has 1 aliphatic rings. The molecule has 0 unspecified atom stereocenters. The van der Waals surface area contributed by atoms with Crippen LogP contribution in [0.5, 0.6) is 0 Å². The maximum absolute atomic E-state index is 13.6. The Morgan fingerprint density at radius 1 is 0.833 bits per heavy atom. The Bertz CT molecular complexity index is 674. The Morgan fingerprint density at radius 3 is 1.67 bits per heavy atom. The second kappa shape index (κ2) is 8.21. The van der Waals surface area contributed by atoms with Gasteiger partial charge in [-0.15, -0.1) is 0 Å². The largest absolute Gasteiger partial charge is 0.406 e. The predicted octanol–water partition coefficient (Wildman–Crippen LogP) is 7.11. The number of hydrogen-bond acceptors (Lipinski definition) is 2. The molecule has 1 saturated heterocycles. The van der Waals surface area contributed by atoms with Crippen LogP contribution in [0.15, 0.2) is 0 Å². The summed E-state index contributed by atoms with van der Waals surface area (Å²) in [6.07, 6.45) is 0. The molecule has 30 heavy (non-hydrogen) atoms. The summed E-state index contributed by atoms with van der Waals surface area (Å²) in [4.78, 5) is 13.6. The minimum Gasteiger partial charge on any atom is -0.406 e. The van der Waals surface area contributed by atoms with Crippen LogP contribution in [0.2, 0.25) is 59.9 Å². The smallest absolute Gasteiger partial charge is 0.219 e. The standard InChI is InChI=1S/C24H49NO2Si3/c1-22(2,3)28(10,11)20-19(17-16-18-27-30(14,15)24(7,8)9)25(21(20)26)29(12,13)23(4,5)6/h19-20H,18H2,1-15H3/t19-,20+/m0/s1. The summed E-state index contributed by atoms with van der Waals surface area (Å²) in [6.45, 7) is 34.9. The van der Waals surface area contributed by atoms with E-state index in [1.165, 1.54) is 0 Å². The van der Waals surface area contributed by atoms with E-state index in [-0.39, 0.29) is 26.7 Å². The van der Waals surface area contributed by atoms with E-state index in [0.717, 1.165) is 0 Å². The van der Waals surface area contributed by atoms with Gasteiger partial charge in [0.05, 0.1) is 26.3 Å². The summed E-state index contributed by atoms with van der Waals surface area (Å²) in [7, 11) is -5.66. The van der Waals surface area contributed by atoms with Gasteiger partial charge in [-0.25, -0.2) is 0 Å². The molecule has 0 spiro atoms. The van der Waals surface area contributed by atoms with Gasteiger partial charge in [0.25, 0.3) is 0 Å². The van der Waals surface area contributed by atoms with E-state index >= 15 is 0 Å². The van der Waals surface area contributed by atoms with Crippen LogP contribution in [0, 0.1) is 11.8 Å². The van der Waals surface area contributed by atoms with Gasteiger partial charge in [-0.1, -0.05) is 100 Å². The number of β-lactam (4-membered cyclic amide) rings is 1. The Hall–Kier alpha value is -0.359. The third-order valence-corrected chi connectivity index (χ3v) is 24.6. The van der Waals surface area contributed by atoms with Crippen molar-refractivity contribution in [2.45, 2.75) is 128 Å². The molecule has 3 nitrogen and oxygen atoms in total. The monoisotopic (exact) mass is 467 g/mol. The minimum absolute atomic E-state index is 0.0438. The van der Waals surface area contributed by atoms with Crippen molar-refractivity contribution in [3.05, 3.63) is 0 Å². The van der Waals surface area contributed by atoms with Crippen molar-refractivity contribution in [2.75, 3.05) is 6.61 Å². The van der Waals surface area contributed by atoms with Gasteiger partial charge in [0.2, 0.25) is 5.91 Å². The average molecular weight is 468 g/mol. The summed E-state index contributed by atoms with van der Waals surface area (Å²) in [5, 5.41) is 0.445. The lowest BCUT2D eigenvalue weighted by Gasteiger charge is -2.61. The fourth-order valence-electron chi connectivity index (χ4n) is 3.37. The molecule has 1 aliphatic heterocycles. The first-order valence-corrected chi connectivity index (χ1v) is 20.4. The zero-order chi connectivity index (χ0) is 24.1. The van der Waals surface area contributed by atoms with Gasteiger partial charge in [-0.05, 0) is 28.2 Å². The van der Waals surface area contributed by atoms with Gasteiger partial charge in [-0.2, -0.15) is 0 Å². The highest BCUT2D eigenvalue weighted by Crippen LogP contribution is 2.54. The van der Waals surface area contributed by atoms with Gasteiger partial charge < -0.3 is 8.99 Å². The molecule has 0 N–H and O–H groups in total. The first-order valence-electron chi connectivity index (χ1n) is 11.5. The molecule has 1 amide bonds. The van der Waals surface area contributed by atoms with Crippen LogP contribution in [-0.2, 0) is 9.22 Å². The molecule has 0 saturated carbocycles. The maximum Gasteiger partial charge on any atom is 0.219 e. The SMILES string of the molecule is CC(C)(C)[Si](C)(C)OCC#C[C@H]1[C@@H]([Si](C)(C)C(C)(C)C)C(=O)N1[Si](C)(C)C(C)(C)C. The Labute approximate surface area is 191 Å². The van der Waals surface area contributed by atoms with Crippen molar-refractivity contribution in [1.29, 1.82) is 0 Å². The highest BCUT2D eigenvalue weighted by molar-refractivity contribution is 6.88. The molecule has 0 radical (unpaired) electrons. The summed E-state index contributed by atoms with van der Waals surface area (Å²) >= 11 is 0. The summed E-state index contributed by atoms with van der Waals surface area (Å²) < 4.78 is 8.52. The quantitative estimate of drug-likeness (QED) is 0.250. The van der Waals surface area contributed by atoms with Crippen molar-refractivity contribution in [2.24, 2.45) is 0 Å². The van der Waals surface area contributed by atoms with Crippen LogP contribution in [-0.4, -0.2) is 47.7 Å². The zero-order valence-corrected chi connectivity index (χ0v) is 25.6. The molecule has 0 bridgehead atoms. The highest BCUT2D eigenvalue weighted by Gasteiger charge is 2.63. The van der Waals surface area contributed by atoms with Crippen molar-refractivity contribution < 1.29 is 9.22 Å². The number of carbonyl (C=O) groups is 1. The number of hydrogen-bond donors (Lipinski definition) is 0. The van der Waals surface area contributed by atoms with Crippen molar-refractivity contribution in [3.8, 4) is 11.8 Å². The van der Waals surface area contributed by atoms with Gasteiger partial charge >= 0.3 is 0 Å². The predicted molar refractivity (Wildman–Crippen MR) is 140 cm³/mol. The fraction of sp³-hybridized carbons (Fsp3) is 0.875. The van der Waals surface area contributed by atoms with Crippen LogP contribution in [0.1, 0.15) is 62.3 Å². The van der Waals surface area contributed by atoms with E-state index < -0.39 is 24.6 Å². The van der Waals surface area contributed by atoms with Gasteiger partial charge in [0.15, 0.2) is 16.6 Å². The lowest BCUT2D eigenvalue weighted by Crippen LogP contribution is -2.75. The van der Waals surface area contributed by atoms with Crippen LogP contribution < -0.4 is 0 Å². The second-order valence-corrected chi connectivity index (χ2v) is 29.3. The Kier molecular flexibility index (Phi) is 7.57. The van der Waals surface area contributed by atoms with Crippen LogP contribution in [0.3, 0.4) is 0 Å². The van der Waals surface area contributed by atoms with Crippen LogP contribution in [0.4, 0.5) is 0 Å². The van der Waals surface area contributed by atoms with E-state index in [1.54, 1.807) is 0 Å². The van der Waals surface area contributed by atoms with Gasteiger partial charge in [0.1, 0.15) is 0 Å². The molecular formula is C24H49NO2Si3. The molecule has 0 aliphatic carbocycles. The summed E-state index contributed by atoms with van der Waals surface area (Å²) in [5.74, 6) is 7.27. The molecule has 0 aromatic rings. The van der Waals surface area contributed by atoms with E-state index in [2.05, 4.69) is 118 Å². The van der Waals surface area contributed by atoms with Crippen LogP contribution >= 0.6 is 0 Å². The molecule has 0 aromatic carbocycles. The number of nitrogens with zero attached hydrogens (tertiary/aromatic N) is 1. The minimum atomic E-state index is -1.98. The Morgan fingerprint density at radius 2 is 1.30 bits per heavy atom. The van der Waals surface area contributed by atoms with E-state index in [0.29, 0.717) is 12.5 Å². The average Bonchev–Trinajstić information content (AvgIpc) is 2.45. The lowest BCUT2D eigenvalue weighted by atomic mass is 10.1. The molecule has 6 heteroatoms. The van der Waals surface area contributed by atoms with E-state index in [4.69, 9.17) is 4.43 Å². The van der Waals surface area contributed by atoms with Crippen molar-refractivity contribution >= 4 is 30.5 Å². The number of rotatable bonds is 4. The van der Waals surface area contributed by atoms with Crippen molar-refractivity contribution in [1.82, 2.24) is 4.57 Å². The summed E-state index contributed by atoms with van der Waals surface area (Å²) in [5.41, 5.74) is 0.0759. The maximum atomic E-state index is 13.6. The second-order valence-electron chi connectivity index (χ2n) is 13.8. The molecule has 2 atom stereocenters. The molecule has 1 rings (SSSR count). The first-order chi connectivity index (χ1) is 13.0. The molecule has 1 fully saturated rings. The first kappa shape index (κ1) is 27.7. The van der Waals surface area contributed by atoms with Crippen LogP contribution in [0.25, 0.3) is 0 Å². The third-order valence-electron chi connectivity index (χ3n) is 8.81. The van der Waals surface area contributed by atoms with E-state index in [1.807, 2.05) is 0 Å². The number of amides is 1.